The second kappa shape index (κ2) is 6.64. The number of hydrogen-bond acceptors (Lipinski definition) is 4. The van der Waals surface area contributed by atoms with Crippen LogP contribution in [0.5, 0.6) is 0 Å². The summed E-state index contributed by atoms with van der Waals surface area (Å²) in [5.41, 5.74) is 0.245. The normalized spacial score (nSPS) is 20.2. The topological polar surface area (TPSA) is 72.5 Å². The van der Waals surface area contributed by atoms with Gasteiger partial charge >= 0.3 is 0 Å². The molecule has 0 radical (unpaired) electrons. The first kappa shape index (κ1) is 16.7. The van der Waals surface area contributed by atoms with E-state index in [4.69, 9.17) is 15.4 Å². The van der Waals surface area contributed by atoms with Crippen LogP contribution in [0.25, 0.3) is 0 Å². The zero-order chi connectivity index (χ0) is 15.6. The van der Waals surface area contributed by atoms with Crippen molar-refractivity contribution in [1.29, 1.82) is 0 Å². The molecule has 0 aliphatic carbocycles. The molecular formula is C13H15BrClNO4S. The minimum absolute atomic E-state index is 0.0463. The van der Waals surface area contributed by atoms with Gasteiger partial charge in [-0.05, 0) is 31.5 Å². The molecule has 1 aliphatic rings. The van der Waals surface area contributed by atoms with Crippen molar-refractivity contribution in [2.45, 2.75) is 24.3 Å². The first-order chi connectivity index (χ1) is 9.77. The van der Waals surface area contributed by atoms with Crippen LogP contribution in [0.1, 0.15) is 23.7 Å². The maximum atomic E-state index is 12.2. The monoisotopic (exact) mass is 395 g/mol. The predicted octanol–water partition coefficient (Wildman–Crippen LogP) is 2.53. The molecule has 0 saturated carbocycles. The van der Waals surface area contributed by atoms with E-state index in [0.717, 1.165) is 6.42 Å². The SMILES string of the molecule is CC(NC(=O)c1cc(Br)cc(S(=O)(=O)Cl)c1)C1CCOC1. The van der Waals surface area contributed by atoms with Gasteiger partial charge in [0.25, 0.3) is 15.0 Å². The molecule has 8 heteroatoms. The van der Waals surface area contributed by atoms with Crippen molar-refractivity contribution >= 4 is 41.6 Å². The number of carbonyl (C=O) groups is 1. The van der Waals surface area contributed by atoms with Crippen LogP contribution >= 0.6 is 26.6 Å². The van der Waals surface area contributed by atoms with E-state index in [2.05, 4.69) is 21.2 Å². The Morgan fingerprint density at radius 2 is 2.19 bits per heavy atom. The van der Waals surface area contributed by atoms with Crippen LogP contribution < -0.4 is 5.32 Å². The zero-order valence-corrected chi connectivity index (χ0v) is 14.5. The van der Waals surface area contributed by atoms with Crippen molar-refractivity contribution in [2.24, 2.45) is 5.92 Å². The average Bonchev–Trinajstić information content (AvgIpc) is 2.90. The largest absolute Gasteiger partial charge is 0.381 e. The van der Waals surface area contributed by atoms with E-state index < -0.39 is 9.05 Å². The van der Waals surface area contributed by atoms with Crippen LogP contribution in [0.15, 0.2) is 27.6 Å². The fourth-order valence-corrected chi connectivity index (χ4v) is 3.64. The molecule has 1 aliphatic heterocycles. The van der Waals surface area contributed by atoms with Gasteiger partial charge < -0.3 is 10.1 Å². The number of rotatable bonds is 4. The first-order valence-corrected chi connectivity index (χ1v) is 9.51. The number of amides is 1. The summed E-state index contributed by atoms with van der Waals surface area (Å²) in [4.78, 5) is 12.1. The van der Waals surface area contributed by atoms with Gasteiger partial charge in [0.15, 0.2) is 0 Å². The van der Waals surface area contributed by atoms with Crippen LogP contribution in [-0.4, -0.2) is 33.6 Å². The van der Waals surface area contributed by atoms with Crippen molar-refractivity contribution in [2.75, 3.05) is 13.2 Å². The van der Waals surface area contributed by atoms with Crippen LogP contribution in [0.3, 0.4) is 0 Å². The Balaban J connectivity index is 2.17. The highest BCUT2D eigenvalue weighted by molar-refractivity contribution is 9.10. The molecule has 1 heterocycles. The first-order valence-electron chi connectivity index (χ1n) is 6.41. The van der Waals surface area contributed by atoms with E-state index >= 15 is 0 Å². The summed E-state index contributed by atoms with van der Waals surface area (Å²) >= 11 is 3.18. The highest BCUT2D eigenvalue weighted by Gasteiger charge is 2.24. The minimum atomic E-state index is -3.88. The second-order valence-electron chi connectivity index (χ2n) is 5.00. The molecule has 1 amide bonds. The Labute approximate surface area is 136 Å². The average molecular weight is 397 g/mol. The lowest BCUT2D eigenvalue weighted by Gasteiger charge is -2.19. The van der Waals surface area contributed by atoms with E-state index in [-0.39, 0.29) is 28.3 Å². The molecule has 5 nitrogen and oxygen atoms in total. The van der Waals surface area contributed by atoms with Crippen molar-refractivity contribution in [3.8, 4) is 0 Å². The van der Waals surface area contributed by atoms with Gasteiger partial charge in [-0.25, -0.2) is 8.42 Å². The molecule has 0 bridgehead atoms. The lowest BCUT2D eigenvalue weighted by Crippen LogP contribution is -2.38. The number of nitrogens with one attached hydrogen (secondary N) is 1. The van der Waals surface area contributed by atoms with Gasteiger partial charge in [0, 0.05) is 39.3 Å². The summed E-state index contributed by atoms with van der Waals surface area (Å²) in [6.45, 7) is 3.24. The maximum absolute atomic E-state index is 12.2. The molecule has 116 valence electrons. The van der Waals surface area contributed by atoms with E-state index in [9.17, 15) is 13.2 Å². The van der Waals surface area contributed by atoms with Gasteiger partial charge in [0.05, 0.1) is 11.5 Å². The Bertz CT molecular complexity index is 644. The van der Waals surface area contributed by atoms with Crippen LogP contribution in [0.4, 0.5) is 0 Å². The number of hydrogen-bond donors (Lipinski definition) is 1. The number of halogens is 2. The minimum Gasteiger partial charge on any atom is -0.381 e. The standard InChI is InChI=1S/C13H15BrClNO4S/c1-8(9-2-3-20-7-9)16-13(17)10-4-11(14)6-12(5-10)21(15,18)19/h4-6,8-9H,2-3,7H2,1H3,(H,16,17). The number of ether oxygens (including phenoxy) is 1. The predicted molar refractivity (Wildman–Crippen MR) is 83.0 cm³/mol. The Kier molecular flexibility index (Phi) is 5.29. The van der Waals surface area contributed by atoms with Crippen LogP contribution in [-0.2, 0) is 13.8 Å². The summed E-state index contributed by atoms with van der Waals surface area (Å²) in [5, 5.41) is 2.87. The second-order valence-corrected chi connectivity index (χ2v) is 8.48. The summed E-state index contributed by atoms with van der Waals surface area (Å²) < 4.78 is 28.5. The molecule has 0 aromatic heterocycles. The fourth-order valence-electron chi connectivity index (χ4n) is 2.19. The van der Waals surface area contributed by atoms with Gasteiger partial charge in [0.1, 0.15) is 0 Å². The smallest absolute Gasteiger partial charge is 0.261 e. The lowest BCUT2D eigenvalue weighted by atomic mass is 10.0. The molecule has 21 heavy (non-hydrogen) atoms. The Morgan fingerprint density at radius 1 is 1.48 bits per heavy atom. The van der Waals surface area contributed by atoms with Crippen molar-refractivity contribution in [3.05, 3.63) is 28.2 Å². The quantitative estimate of drug-likeness (QED) is 0.794. The zero-order valence-electron chi connectivity index (χ0n) is 11.3. The van der Waals surface area contributed by atoms with E-state index in [1.54, 1.807) is 6.07 Å². The molecule has 1 aromatic carbocycles. The third-order valence-corrected chi connectivity index (χ3v) is 5.24. The summed E-state index contributed by atoms with van der Waals surface area (Å²) in [7, 11) is 1.44. The molecule has 1 fully saturated rings. The molecule has 1 saturated heterocycles. The summed E-state index contributed by atoms with van der Waals surface area (Å²) in [6.07, 6.45) is 0.904. The molecule has 0 spiro atoms. The van der Waals surface area contributed by atoms with Crippen molar-refractivity contribution in [1.82, 2.24) is 5.32 Å². The van der Waals surface area contributed by atoms with E-state index in [0.29, 0.717) is 17.7 Å². The van der Waals surface area contributed by atoms with E-state index in [1.165, 1.54) is 12.1 Å². The third kappa shape index (κ3) is 4.42. The Morgan fingerprint density at radius 3 is 2.76 bits per heavy atom. The molecule has 2 atom stereocenters. The number of carbonyl (C=O) groups excluding carboxylic acids is 1. The highest BCUT2D eigenvalue weighted by Crippen LogP contribution is 2.23. The lowest BCUT2D eigenvalue weighted by molar-refractivity contribution is 0.0922. The number of benzene rings is 1. The van der Waals surface area contributed by atoms with Gasteiger partial charge in [0.2, 0.25) is 0 Å². The molecule has 1 aromatic rings. The third-order valence-electron chi connectivity index (χ3n) is 3.45. The van der Waals surface area contributed by atoms with Gasteiger partial charge in [-0.15, -0.1) is 0 Å². The fraction of sp³-hybridized carbons (Fsp3) is 0.462. The molecular weight excluding hydrogens is 382 g/mol. The van der Waals surface area contributed by atoms with Gasteiger partial charge in [-0.2, -0.15) is 0 Å². The van der Waals surface area contributed by atoms with Crippen LogP contribution in [0.2, 0.25) is 0 Å². The molecule has 2 rings (SSSR count). The van der Waals surface area contributed by atoms with E-state index in [1.807, 2.05) is 6.92 Å². The van der Waals surface area contributed by atoms with Gasteiger partial charge in [-0.3, -0.25) is 4.79 Å². The maximum Gasteiger partial charge on any atom is 0.261 e. The van der Waals surface area contributed by atoms with Gasteiger partial charge in [-0.1, -0.05) is 15.9 Å². The summed E-state index contributed by atoms with van der Waals surface area (Å²) in [6, 6.07) is 4.13. The van der Waals surface area contributed by atoms with Crippen molar-refractivity contribution < 1.29 is 17.9 Å². The molecule has 1 N–H and O–H groups in total. The van der Waals surface area contributed by atoms with Crippen LogP contribution in [0, 0.1) is 5.92 Å². The Hall–Kier alpha value is -0.630. The highest BCUT2D eigenvalue weighted by atomic mass is 79.9. The summed E-state index contributed by atoms with van der Waals surface area (Å²) in [5.74, 6) is -0.0606. The molecule has 2 unspecified atom stereocenters. The van der Waals surface area contributed by atoms with Crippen molar-refractivity contribution in [3.63, 3.8) is 0 Å².